The van der Waals surface area contributed by atoms with Crippen LogP contribution in [-0.4, -0.2) is 19.8 Å². The van der Waals surface area contributed by atoms with Crippen LogP contribution < -0.4 is 5.14 Å². The molecule has 0 spiro atoms. The van der Waals surface area contributed by atoms with Crippen molar-refractivity contribution in [1.82, 2.24) is 0 Å². The van der Waals surface area contributed by atoms with Gasteiger partial charge >= 0.3 is 0 Å². The molecule has 0 radical (unpaired) electrons. The summed E-state index contributed by atoms with van der Waals surface area (Å²) in [4.78, 5) is 11.3. The number of hydrogen-bond acceptors (Lipinski definition) is 6. The fourth-order valence-corrected chi connectivity index (χ4v) is 3.42. The van der Waals surface area contributed by atoms with Gasteiger partial charge in [0.1, 0.15) is 5.69 Å². The highest BCUT2D eigenvalue weighted by molar-refractivity contribution is 7.89. The number of benzene rings is 3. The van der Waals surface area contributed by atoms with Crippen molar-refractivity contribution >= 4 is 38.5 Å². The lowest BCUT2D eigenvalue weighted by Gasteiger charge is -2.07. The van der Waals surface area contributed by atoms with Crippen LogP contribution in [0.5, 0.6) is 5.75 Å². The molecule has 0 saturated heterocycles. The summed E-state index contributed by atoms with van der Waals surface area (Å²) < 4.78 is 23.2. The number of nitrogens with two attached hydrogens (primary N) is 1. The Morgan fingerprint density at radius 3 is 2.50 bits per heavy atom. The second-order valence-corrected chi connectivity index (χ2v) is 7.22. The molecule has 132 valence electrons. The average Bonchev–Trinajstić information content (AvgIpc) is 2.60. The maximum atomic E-state index is 11.6. The van der Waals surface area contributed by atoms with E-state index in [2.05, 4.69) is 10.2 Å². The summed E-state index contributed by atoms with van der Waals surface area (Å²) in [6.45, 7) is 1.62. The van der Waals surface area contributed by atoms with E-state index in [9.17, 15) is 18.3 Å². The Balaban J connectivity index is 2.10. The van der Waals surface area contributed by atoms with E-state index in [4.69, 9.17) is 5.14 Å². The molecule has 3 aromatic carbocycles. The van der Waals surface area contributed by atoms with Crippen molar-refractivity contribution in [3.8, 4) is 5.75 Å². The predicted molar refractivity (Wildman–Crippen MR) is 97.7 cm³/mol. The van der Waals surface area contributed by atoms with Gasteiger partial charge in [-0.3, -0.25) is 4.79 Å². The molecule has 0 atom stereocenters. The Labute approximate surface area is 149 Å². The normalized spacial score (nSPS) is 11.9. The van der Waals surface area contributed by atoms with Crippen LogP contribution in [0.15, 0.2) is 63.7 Å². The smallest absolute Gasteiger partial charge is 0.238 e. The highest BCUT2D eigenvalue weighted by Crippen LogP contribution is 2.36. The Morgan fingerprint density at radius 2 is 1.81 bits per heavy atom. The predicted octanol–water partition coefficient (Wildman–Crippen LogP) is 3.73. The van der Waals surface area contributed by atoms with Crippen LogP contribution in [0.2, 0.25) is 0 Å². The minimum absolute atomic E-state index is 0.0507. The van der Waals surface area contributed by atoms with Gasteiger partial charge in [0.15, 0.2) is 12.0 Å². The van der Waals surface area contributed by atoms with Gasteiger partial charge in [0, 0.05) is 0 Å². The molecular weight excluding hydrogens is 354 g/mol. The van der Waals surface area contributed by atoms with E-state index < -0.39 is 10.0 Å². The molecule has 0 aromatic heterocycles. The summed E-state index contributed by atoms with van der Waals surface area (Å²) in [5.74, 6) is -0.291. The number of azo groups is 1. The van der Waals surface area contributed by atoms with Crippen LogP contribution in [0.3, 0.4) is 0 Å². The van der Waals surface area contributed by atoms with Gasteiger partial charge in [0.2, 0.25) is 10.0 Å². The van der Waals surface area contributed by atoms with Gasteiger partial charge in [-0.1, -0.05) is 30.3 Å². The van der Waals surface area contributed by atoms with Gasteiger partial charge in [-0.15, -0.1) is 5.11 Å². The Morgan fingerprint density at radius 1 is 1.08 bits per heavy atom. The first kappa shape index (κ1) is 17.7. The van der Waals surface area contributed by atoms with Crippen LogP contribution >= 0.6 is 0 Å². The van der Waals surface area contributed by atoms with Crippen molar-refractivity contribution in [1.29, 1.82) is 0 Å². The molecule has 0 aliphatic rings. The molecule has 0 heterocycles. The van der Waals surface area contributed by atoms with Crippen molar-refractivity contribution in [2.45, 2.75) is 11.8 Å². The minimum Gasteiger partial charge on any atom is -0.505 e. The highest BCUT2D eigenvalue weighted by Gasteiger charge is 2.13. The van der Waals surface area contributed by atoms with E-state index in [1.165, 1.54) is 6.07 Å². The number of rotatable bonds is 4. The number of nitrogens with zero attached hydrogens (tertiary/aromatic N) is 2. The molecule has 0 bridgehead atoms. The van der Waals surface area contributed by atoms with Crippen LogP contribution in [0.4, 0.5) is 11.4 Å². The van der Waals surface area contributed by atoms with Gasteiger partial charge in [-0.25, -0.2) is 13.6 Å². The number of sulfonamides is 1. The van der Waals surface area contributed by atoms with Crippen LogP contribution in [0, 0.1) is 6.92 Å². The molecule has 0 unspecified atom stereocenters. The number of aldehydes is 1. The zero-order chi connectivity index (χ0) is 18.9. The quantitative estimate of drug-likeness (QED) is 0.537. The van der Waals surface area contributed by atoms with Crippen molar-refractivity contribution < 1.29 is 18.3 Å². The van der Waals surface area contributed by atoms with Crippen molar-refractivity contribution in [2.75, 3.05) is 0 Å². The van der Waals surface area contributed by atoms with Gasteiger partial charge in [0.25, 0.3) is 0 Å². The zero-order valence-electron chi connectivity index (χ0n) is 13.7. The number of hydrogen-bond donors (Lipinski definition) is 2. The first-order valence-electron chi connectivity index (χ1n) is 7.56. The number of primary sulfonamides is 1. The monoisotopic (exact) mass is 369 g/mol. The lowest BCUT2D eigenvalue weighted by atomic mass is 10.0. The van der Waals surface area contributed by atoms with Crippen LogP contribution in [0.1, 0.15) is 15.9 Å². The molecule has 0 aliphatic carbocycles. The number of carbonyl (C=O) groups is 1. The molecule has 26 heavy (non-hydrogen) atoms. The highest BCUT2D eigenvalue weighted by atomic mass is 32.2. The van der Waals surface area contributed by atoms with Crippen molar-refractivity contribution in [2.24, 2.45) is 15.4 Å². The summed E-state index contributed by atoms with van der Waals surface area (Å²) in [5, 5.41) is 24.7. The topological polar surface area (TPSA) is 122 Å². The first-order valence-corrected chi connectivity index (χ1v) is 9.11. The molecule has 3 N–H and O–H groups in total. The molecule has 0 amide bonds. The second-order valence-electron chi connectivity index (χ2n) is 5.69. The number of aromatic hydroxyl groups is 1. The van der Waals surface area contributed by atoms with E-state index in [1.807, 2.05) is 0 Å². The summed E-state index contributed by atoms with van der Waals surface area (Å²) in [6.07, 6.45) is 0.557. The van der Waals surface area contributed by atoms with Crippen molar-refractivity contribution in [3.63, 3.8) is 0 Å². The third kappa shape index (κ3) is 3.32. The second kappa shape index (κ2) is 6.66. The lowest BCUT2D eigenvalue weighted by Crippen LogP contribution is -2.13. The Kier molecular flexibility index (Phi) is 4.54. The van der Waals surface area contributed by atoms with Gasteiger partial charge < -0.3 is 5.11 Å². The fraction of sp³-hybridized carbons (Fsp3) is 0.0556. The number of carbonyl (C=O) groups excluding carboxylic acids is 1. The summed E-state index contributed by atoms with van der Waals surface area (Å²) in [5.41, 5.74) is 0.956. The van der Waals surface area contributed by atoms with Crippen LogP contribution in [-0.2, 0) is 10.0 Å². The number of fused-ring (bicyclic) bond motifs is 1. The largest absolute Gasteiger partial charge is 0.505 e. The molecule has 7 nitrogen and oxygen atoms in total. The first-order chi connectivity index (χ1) is 12.3. The summed E-state index contributed by atoms with van der Waals surface area (Å²) in [7, 11) is -3.88. The molecule has 3 aromatic rings. The fourth-order valence-electron chi connectivity index (χ4n) is 2.61. The molecule has 8 heteroatoms. The van der Waals surface area contributed by atoms with E-state index in [1.54, 1.807) is 49.4 Å². The Hall–Kier alpha value is -3.10. The van der Waals surface area contributed by atoms with Gasteiger partial charge in [-0.05, 0) is 41.5 Å². The Bertz CT molecular complexity index is 1150. The van der Waals surface area contributed by atoms with Crippen molar-refractivity contribution in [3.05, 3.63) is 59.7 Å². The molecule has 3 rings (SSSR count). The lowest BCUT2D eigenvalue weighted by molar-refractivity contribution is 0.112. The van der Waals surface area contributed by atoms with Crippen LogP contribution in [0.25, 0.3) is 10.8 Å². The van der Waals surface area contributed by atoms with E-state index in [0.29, 0.717) is 17.2 Å². The summed E-state index contributed by atoms with van der Waals surface area (Å²) in [6, 6.07) is 13.1. The number of phenolic OH excluding ortho intramolecular Hbond substituents is 1. The van der Waals surface area contributed by atoms with Gasteiger partial charge in [-0.2, -0.15) is 5.11 Å². The molecule has 0 aliphatic heterocycles. The summed E-state index contributed by atoms with van der Waals surface area (Å²) >= 11 is 0. The average molecular weight is 369 g/mol. The van der Waals surface area contributed by atoms with E-state index >= 15 is 0 Å². The maximum absolute atomic E-state index is 11.6. The third-order valence-corrected chi connectivity index (χ3v) is 4.96. The molecular formula is C18H15N3O4S. The molecule has 0 fully saturated rings. The number of aryl methyl sites for hydroxylation is 1. The van der Waals surface area contributed by atoms with Gasteiger partial charge in [0.05, 0.1) is 16.1 Å². The minimum atomic E-state index is -3.88. The third-order valence-electron chi connectivity index (χ3n) is 3.91. The molecule has 0 saturated carbocycles. The zero-order valence-corrected chi connectivity index (χ0v) is 14.6. The maximum Gasteiger partial charge on any atom is 0.238 e. The van der Waals surface area contributed by atoms with E-state index in [-0.39, 0.29) is 27.6 Å². The SMILES string of the molecule is Cc1ccc(N=Nc2cc3ccccc3c(C=O)c2O)cc1S(N)(=O)=O. The standard InChI is InChI=1S/C18H15N3O4S/c1-11-6-7-13(9-17(11)26(19,24)25)20-21-16-8-12-4-2-3-5-14(12)15(10-22)18(16)23/h2-10,23H,1H3,(H2,19,24,25). The van der Waals surface area contributed by atoms with E-state index in [0.717, 1.165) is 5.39 Å². The number of phenols is 1.